The van der Waals surface area contributed by atoms with Gasteiger partial charge in [0.25, 0.3) is 5.91 Å². The van der Waals surface area contributed by atoms with Crippen molar-refractivity contribution in [1.82, 2.24) is 9.88 Å². The molecule has 2 heterocycles. The van der Waals surface area contributed by atoms with Crippen molar-refractivity contribution >= 4 is 21.7 Å². The number of amides is 1. The van der Waals surface area contributed by atoms with Crippen LogP contribution in [0, 0.1) is 13.8 Å². The van der Waals surface area contributed by atoms with Crippen LogP contribution < -0.4 is 5.32 Å². The average molecular weight is 390 g/mol. The molecule has 1 aromatic carbocycles. The van der Waals surface area contributed by atoms with Crippen LogP contribution in [-0.2, 0) is 19.4 Å². The average Bonchev–Trinajstić information content (AvgIpc) is 3.11. The molecule has 0 saturated carbocycles. The lowest BCUT2D eigenvalue weighted by atomic mass is 10.2. The molecule has 2 aromatic rings. The predicted octanol–water partition coefficient (Wildman–Crippen LogP) is 1.55. The quantitative estimate of drug-likeness (QED) is 0.782. The Hall–Kier alpha value is -2.61. The molecule has 1 saturated heterocycles. The fraction of sp³-hybridized carbons (Fsp3) is 0.368. The Bertz CT molecular complexity index is 963. The zero-order chi connectivity index (χ0) is 19.6. The highest BCUT2D eigenvalue weighted by atomic mass is 32.2. The maximum Gasteiger partial charge on any atom is 0.340 e. The summed E-state index contributed by atoms with van der Waals surface area (Å²) in [6.07, 6.45) is 0.389. The van der Waals surface area contributed by atoms with Crippen LogP contribution in [-0.4, -0.2) is 49.0 Å². The molecular weight excluding hydrogens is 368 g/mol. The summed E-state index contributed by atoms with van der Waals surface area (Å²) in [4.78, 5) is 24.3. The van der Waals surface area contributed by atoms with Gasteiger partial charge < -0.3 is 14.6 Å². The molecule has 7 nitrogen and oxygen atoms in total. The van der Waals surface area contributed by atoms with E-state index in [0.29, 0.717) is 12.0 Å². The van der Waals surface area contributed by atoms with E-state index in [1.165, 1.54) is 0 Å². The van der Waals surface area contributed by atoms with Gasteiger partial charge in [-0.1, -0.05) is 18.2 Å². The molecule has 27 heavy (non-hydrogen) atoms. The maximum atomic E-state index is 12.4. The summed E-state index contributed by atoms with van der Waals surface area (Å²) in [5.41, 5.74) is 2.94. The Balaban J connectivity index is 1.63. The summed E-state index contributed by atoms with van der Waals surface area (Å²) in [6, 6.07) is 11.0. The van der Waals surface area contributed by atoms with E-state index < -0.39 is 34.4 Å². The Labute approximate surface area is 158 Å². The number of carbonyl (C=O) groups is 2. The second-order valence-corrected chi connectivity index (χ2v) is 8.93. The van der Waals surface area contributed by atoms with Crippen LogP contribution in [0.2, 0.25) is 0 Å². The van der Waals surface area contributed by atoms with E-state index in [0.717, 1.165) is 17.1 Å². The summed E-state index contributed by atoms with van der Waals surface area (Å²) in [6.45, 7) is 3.27. The molecule has 0 radical (unpaired) electrons. The van der Waals surface area contributed by atoms with Gasteiger partial charge in [0.15, 0.2) is 16.4 Å². The molecule has 1 amide bonds. The van der Waals surface area contributed by atoms with Crippen LogP contribution in [0.25, 0.3) is 5.69 Å². The number of para-hydroxylation sites is 1. The first kappa shape index (κ1) is 19.2. The number of rotatable bonds is 5. The molecule has 1 fully saturated rings. The fourth-order valence-electron chi connectivity index (χ4n) is 3.33. The Kier molecular flexibility index (Phi) is 5.36. The smallest absolute Gasteiger partial charge is 0.340 e. The van der Waals surface area contributed by atoms with E-state index in [4.69, 9.17) is 4.74 Å². The lowest BCUT2D eigenvalue weighted by molar-refractivity contribution is -0.124. The molecule has 144 valence electrons. The monoisotopic (exact) mass is 390 g/mol. The molecule has 3 rings (SSSR count). The lowest BCUT2D eigenvalue weighted by Crippen LogP contribution is -2.38. The van der Waals surface area contributed by atoms with E-state index >= 15 is 0 Å². The molecule has 1 aliphatic heterocycles. The molecular formula is C19H22N2O5S. The van der Waals surface area contributed by atoms with Gasteiger partial charge in [-0.25, -0.2) is 13.2 Å². The van der Waals surface area contributed by atoms with E-state index in [2.05, 4.69) is 5.32 Å². The number of aryl methyl sites for hydroxylation is 1. The highest BCUT2D eigenvalue weighted by molar-refractivity contribution is 7.91. The van der Waals surface area contributed by atoms with Gasteiger partial charge in [-0.15, -0.1) is 0 Å². The first-order chi connectivity index (χ1) is 12.8. The van der Waals surface area contributed by atoms with Gasteiger partial charge in [-0.05, 0) is 38.5 Å². The largest absolute Gasteiger partial charge is 0.452 e. The van der Waals surface area contributed by atoms with Crippen molar-refractivity contribution in [2.75, 3.05) is 18.1 Å². The number of nitrogens with one attached hydrogen (secondary N) is 1. The van der Waals surface area contributed by atoms with Crippen molar-refractivity contribution in [3.05, 3.63) is 53.3 Å². The number of nitrogens with zero attached hydrogens (tertiary/aromatic N) is 1. The van der Waals surface area contributed by atoms with Crippen molar-refractivity contribution in [2.24, 2.45) is 0 Å². The number of benzene rings is 1. The van der Waals surface area contributed by atoms with Gasteiger partial charge in [0.2, 0.25) is 0 Å². The van der Waals surface area contributed by atoms with Crippen molar-refractivity contribution in [3.63, 3.8) is 0 Å². The molecule has 0 bridgehead atoms. The Morgan fingerprint density at radius 3 is 2.56 bits per heavy atom. The van der Waals surface area contributed by atoms with E-state index in [-0.39, 0.29) is 11.5 Å². The minimum Gasteiger partial charge on any atom is -0.452 e. The van der Waals surface area contributed by atoms with Crippen LogP contribution in [0.3, 0.4) is 0 Å². The molecule has 1 atom stereocenters. The van der Waals surface area contributed by atoms with Crippen LogP contribution in [0.15, 0.2) is 36.4 Å². The second-order valence-electron chi connectivity index (χ2n) is 6.70. The van der Waals surface area contributed by atoms with Crippen molar-refractivity contribution in [2.45, 2.75) is 26.3 Å². The highest BCUT2D eigenvalue weighted by Crippen LogP contribution is 2.21. The molecule has 1 aromatic heterocycles. The minimum absolute atomic E-state index is 0.0646. The number of ether oxygens (including phenoxy) is 1. The first-order valence-electron chi connectivity index (χ1n) is 8.68. The van der Waals surface area contributed by atoms with Gasteiger partial charge in [-0.2, -0.15) is 0 Å². The molecule has 0 aliphatic carbocycles. The van der Waals surface area contributed by atoms with Crippen LogP contribution in [0.1, 0.15) is 28.2 Å². The highest BCUT2D eigenvalue weighted by Gasteiger charge is 2.29. The summed E-state index contributed by atoms with van der Waals surface area (Å²) in [7, 11) is -3.07. The molecule has 1 aliphatic rings. The van der Waals surface area contributed by atoms with Gasteiger partial charge >= 0.3 is 5.97 Å². The SMILES string of the molecule is Cc1cc(C(=O)OCC(=O)N[C@H]2CCS(=O)(=O)C2)c(C)n1-c1ccccc1. The van der Waals surface area contributed by atoms with Gasteiger partial charge in [0, 0.05) is 23.1 Å². The summed E-state index contributed by atoms with van der Waals surface area (Å²) in [5, 5.41) is 2.60. The van der Waals surface area contributed by atoms with Crippen LogP contribution in [0.5, 0.6) is 0 Å². The molecule has 1 N–H and O–H groups in total. The van der Waals surface area contributed by atoms with Gasteiger partial charge in [0.1, 0.15) is 0 Å². The Morgan fingerprint density at radius 1 is 1.22 bits per heavy atom. The zero-order valence-corrected chi connectivity index (χ0v) is 16.1. The zero-order valence-electron chi connectivity index (χ0n) is 15.3. The Morgan fingerprint density at radius 2 is 1.93 bits per heavy atom. The first-order valence-corrected chi connectivity index (χ1v) is 10.5. The third kappa shape index (κ3) is 4.39. The van der Waals surface area contributed by atoms with Crippen LogP contribution >= 0.6 is 0 Å². The fourth-order valence-corrected chi connectivity index (χ4v) is 5.00. The minimum atomic E-state index is -3.07. The summed E-state index contributed by atoms with van der Waals surface area (Å²) >= 11 is 0. The standard InChI is InChI=1S/C19H22N2O5S/c1-13-10-17(14(2)21(13)16-6-4-3-5-7-16)19(23)26-11-18(22)20-15-8-9-27(24,25)12-15/h3-7,10,15H,8-9,11-12H2,1-2H3,(H,20,22)/t15-/m0/s1. The number of aromatic nitrogens is 1. The van der Waals surface area contributed by atoms with E-state index in [9.17, 15) is 18.0 Å². The number of esters is 1. The number of hydrogen-bond acceptors (Lipinski definition) is 5. The molecule has 0 unspecified atom stereocenters. The summed E-state index contributed by atoms with van der Waals surface area (Å²) < 4.78 is 29.9. The second kappa shape index (κ2) is 7.56. The number of carbonyl (C=O) groups excluding carboxylic acids is 2. The van der Waals surface area contributed by atoms with E-state index in [1.54, 1.807) is 6.07 Å². The van der Waals surface area contributed by atoms with Gasteiger partial charge in [0.05, 0.1) is 17.1 Å². The van der Waals surface area contributed by atoms with Crippen LogP contribution in [0.4, 0.5) is 0 Å². The summed E-state index contributed by atoms with van der Waals surface area (Å²) in [5.74, 6) is -1.07. The maximum absolute atomic E-state index is 12.4. The number of sulfone groups is 1. The molecule has 8 heteroatoms. The lowest BCUT2D eigenvalue weighted by Gasteiger charge is -2.11. The third-order valence-corrected chi connectivity index (χ3v) is 6.37. The molecule has 0 spiro atoms. The topological polar surface area (TPSA) is 94.5 Å². The van der Waals surface area contributed by atoms with Gasteiger partial charge in [-0.3, -0.25) is 4.79 Å². The van der Waals surface area contributed by atoms with Crippen molar-refractivity contribution in [1.29, 1.82) is 0 Å². The third-order valence-electron chi connectivity index (χ3n) is 4.60. The number of hydrogen-bond donors (Lipinski definition) is 1. The van der Waals surface area contributed by atoms with Crippen molar-refractivity contribution in [3.8, 4) is 5.69 Å². The normalized spacial score (nSPS) is 18.2. The predicted molar refractivity (Wildman–Crippen MR) is 101 cm³/mol. The van der Waals surface area contributed by atoms with E-state index in [1.807, 2.05) is 48.7 Å². The van der Waals surface area contributed by atoms with Crippen molar-refractivity contribution < 1.29 is 22.7 Å².